The third-order valence-electron chi connectivity index (χ3n) is 5.85. The lowest BCUT2D eigenvalue weighted by Gasteiger charge is -2.19. The quantitative estimate of drug-likeness (QED) is 0.163. The van der Waals surface area contributed by atoms with Crippen LogP contribution < -0.4 is 21.3 Å². The number of unbranched alkanes of at least 4 members (excludes halogenated alkanes) is 1. The van der Waals surface area contributed by atoms with Crippen molar-refractivity contribution in [2.24, 2.45) is 16.1 Å². The number of nitrogens with one attached hydrogen (secondary N) is 2. The molecule has 0 saturated carbocycles. The fourth-order valence-electron chi connectivity index (χ4n) is 3.64. The van der Waals surface area contributed by atoms with E-state index in [0.717, 1.165) is 48.7 Å². The number of aromatic nitrogens is 4. The lowest BCUT2D eigenvalue weighted by atomic mass is 9.99. The van der Waals surface area contributed by atoms with Gasteiger partial charge in [0.2, 0.25) is 23.0 Å². The number of benzene rings is 1. The van der Waals surface area contributed by atoms with E-state index in [1.165, 1.54) is 30.6 Å². The first kappa shape index (κ1) is 27.3. The molecule has 3 aromatic rings. The Morgan fingerprint density at radius 3 is 2.44 bits per heavy atom. The lowest BCUT2D eigenvalue weighted by Crippen LogP contribution is -2.21. The Hall–Kier alpha value is -3.34. The summed E-state index contributed by atoms with van der Waals surface area (Å²) in [5.74, 6) is 1.85. The Morgan fingerprint density at radius 2 is 1.78 bits per heavy atom. The molecule has 10 nitrogen and oxygen atoms in total. The van der Waals surface area contributed by atoms with Gasteiger partial charge in [-0.05, 0) is 49.9 Å². The fraction of sp³-hybridized carbons (Fsp3) is 0.520. The molecular formula is C25H38N10S. The van der Waals surface area contributed by atoms with E-state index in [1.807, 2.05) is 31.2 Å². The van der Waals surface area contributed by atoms with Crippen LogP contribution in [0.1, 0.15) is 50.8 Å². The highest BCUT2D eigenvalue weighted by molar-refractivity contribution is 7.15. The lowest BCUT2D eigenvalue weighted by molar-refractivity contribution is 0.472. The smallest absolute Gasteiger partial charge is 0.230 e. The Bertz CT molecular complexity index is 1080. The molecule has 0 spiro atoms. The van der Waals surface area contributed by atoms with Crippen LogP contribution in [0.3, 0.4) is 0 Å². The van der Waals surface area contributed by atoms with Crippen molar-refractivity contribution in [2.45, 2.75) is 52.9 Å². The van der Waals surface area contributed by atoms with Crippen molar-refractivity contribution in [3.05, 3.63) is 35.3 Å². The largest absolute Gasteiger partial charge is 0.375 e. The summed E-state index contributed by atoms with van der Waals surface area (Å²) in [6.45, 7) is 8.88. The van der Waals surface area contributed by atoms with E-state index in [-0.39, 0.29) is 5.95 Å². The molecular weight excluding hydrogens is 472 g/mol. The van der Waals surface area contributed by atoms with E-state index in [2.05, 4.69) is 66.6 Å². The van der Waals surface area contributed by atoms with Gasteiger partial charge in [-0.1, -0.05) is 44.4 Å². The van der Waals surface area contributed by atoms with Crippen LogP contribution in [-0.4, -0.2) is 46.6 Å². The molecule has 3 rings (SSSR count). The van der Waals surface area contributed by atoms with E-state index >= 15 is 0 Å². The second kappa shape index (κ2) is 14.3. The van der Waals surface area contributed by atoms with Gasteiger partial charge in [0.05, 0.1) is 5.69 Å². The summed E-state index contributed by atoms with van der Waals surface area (Å²) in [5, 5.41) is 15.7. The van der Waals surface area contributed by atoms with Gasteiger partial charge in [-0.2, -0.15) is 15.0 Å². The first-order valence-corrected chi connectivity index (χ1v) is 13.4. The van der Waals surface area contributed by atoms with Gasteiger partial charge in [-0.3, -0.25) is 0 Å². The summed E-state index contributed by atoms with van der Waals surface area (Å²) in [6.07, 6.45) is 7.50. The van der Waals surface area contributed by atoms with E-state index in [9.17, 15) is 0 Å². The summed E-state index contributed by atoms with van der Waals surface area (Å²) in [5.41, 5.74) is 7.82. The highest BCUT2D eigenvalue weighted by Crippen LogP contribution is 2.24. The number of anilines is 4. The van der Waals surface area contributed by atoms with Gasteiger partial charge >= 0.3 is 0 Å². The van der Waals surface area contributed by atoms with Crippen LogP contribution in [0.25, 0.3) is 0 Å². The van der Waals surface area contributed by atoms with Gasteiger partial charge in [0.25, 0.3) is 0 Å². The first-order valence-electron chi connectivity index (χ1n) is 12.6. The zero-order valence-corrected chi connectivity index (χ0v) is 22.6. The highest BCUT2D eigenvalue weighted by Gasteiger charge is 2.09. The number of rotatable bonds is 15. The van der Waals surface area contributed by atoms with E-state index in [1.54, 1.807) is 6.20 Å². The molecule has 1 aromatic carbocycles. The minimum atomic E-state index is 0.218. The minimum Gasteiger partial charge on any atom is -0.375 e. The average molecular weight is 511 g/mol. The molecule has 0 amide bonds. The Balaban J connectivity index is 1.43. The van der Waals surface area contributed by atoms with Gasteiger partial charge in [-0.15, -0.1) is 10.2 Å². The molecule has 0 aliphatic rings. The maximum absolute atomic E-state index is 5.91. The van der Waals surface area contributed by atoms with Crippen molar-refractivity contribution in [2.75, 3.05) is 47.9 Å². The van der Waals surface area contributed by atoms with Gasteiger partial charge < -0.3 is 21.3 Å². The third kappa shape index (κ3) is 9.03. The molecule has 0 bridgehead atoms. The van der Waals surface area contributed by atoms with Gasteiger partial charge in [-0.25, -0.2) is 4.98 Å². The van der Waals surface area contributed by atoms with Crippen molar-refractivity contribution in [1.82, 2.24) is 19.9 Å². The number of nitrogens with zero attached hydrogens (tertiary/aromatic N) is 7. The normalized spacial score (nSPS) is 12.1. The number of azo groups is 1. The van der Waals surface area contributed by atoms with Crippen LogP contribution >= 0.6 is 11.3 Å². The Morgan fingerprint density at radius 1 is 1.03 bits per heavy atom. The summed E-state index contributed by atoms with van der Waals surface area (Å²) in [7, 11) is 2.07. The molecule has 36 heavy (non-hydrogen) atoms. The molecule has 0 saturated heterocycles. The van der Waals surface area contributed by atoms with Gasteiger partial charge in [0.1, 0.15) is 0 Å². The van der Waals surface area contributed by atoms with E-state index in [0.29, 0.717) is 22.9 Å². The Labute approximate surface area is 217 Å². The minimum absolute atomic E-state index is 0.218. The highest BCUT2D eigenvalue weighted by atomic mass is 32.1. The molecule has 11 heteroatoms. The predicted octanol–water partition coefficient (Wildman–Crippen LogP) is 6.20. The van der Waals surface area contributed by atoms with E-state index in [4.69, 9.17) is 5.73 Å². The van der Waals surface area contributed by atoms with Crippen LogP contribution in [0.5, 0.6) is 0 Å². The van der Waals surface area contributed by atoms with Crippen LogP contribution in [0.15, 0.2) is 40.7 Å². The van der Waals surface area contributed by atoms with Crippen molar-refractivity contribution in [3.8, 4) is 0 Å². The maximum Gasteiger partial charge on any atom is 0.230 e. The fourth-order valence-corrected chi connectivity index (χ4v) is 4.22. The van der Waals surface area contributed by atoms with Crippen LogP contribution in [0.4, 0.5) is 34.4 Å². The number of nitrogens with two attached hydrogens (primary N) is 1. The number of aryl methyl sites for hydroxylation is 1. The SMILES string of the molecule is CCCCC(CC)CNc1nc(N)nc(NCCCN(C)c2ccc(N=Nc3ncc(C)s3)cc2)n1. The standard InChI is InChI=1S/C25H38N10S/c1-5-7-9-19(6-2)17-28-24-31-22(26)30-23(32-24)27-14-8-15-35(4)21-12-10-20(11-13-21)33-34-25-29-16-18(3)36-25/h10-13,16,19H,5-9,14-15,17H2,1-4H3,(H4,26,27,28,30,31,32). The van der Waals surface area contributed by atoms with Crippen LogP contribution in [0, 0.1) is 12.8 Å². The predicted molar refractivity (Wildman–Crippen MR) is 150 cm³/mol. The zero-order chi connectivity index (χ0) is 25.8. The van der Waals surface area contributed by atoms with Crippen LogP contribution in [-0.2, 0) is 0 Å². The molecule has 2 aromatic heterocycles. The van der Waals surface area contributed by atoms with Crippen molar-refractivity contribution >= 4 is 45.7 Å². The summed E-state index contributed by atoms with van der Waals surface area (Å²) in [4.78, 5) is 20.5. The summed E-state index contributed by atoms with van der Waals surface area (Å²) >= 11 is 1.52. The second-order valence-corrected chi connectivity index (χ2v) is 10.0. The number of thiazole rings is 1. The third-order valence-corrected chi connectivity index (χ3v) is 6.65. The molecule has 1 atom stereocenters. The molecule has 194 valence electrons. The van der Waals surface area contributed by atoms with Crippen LogP contribution in [0.2, 0.25) is 0 Å². The average Bonchev–Trinajstić information content (AvgIpc) is 3.30. The summed E-state index contributed by atoms with van der Waals surface area (Å²) < 4.78 is 0. The van der Waals surface area contributed by atoms with Crippen molar-refractivity contribution in [3.63, 3.8) is 0 Å². The Kier molecular flexibility index (Phi) is 10.8. The molecule has 2 heterocycles. The zero-order valence-electron chi connectivity index (χ0n) is 21.7. The number of hydrogen-bond donors (Lipinski definition) is 3. The molecule has 1 unspecified atom stereocenters. The van der Waals surface area contributed by atoms with E-state index < -0.39 is 0 Å². The van der Waals surface area contributed by atoms with Crippen molar-refractivity contribution < 1.29 is 0 Å². The number of nitrogen functional groups attached to an aromatic ring is 1. The molecule has 0 radical (unpaired) electrons. The van der Waals surface area contributed by atoms with Crippen molar-refractivity contribution in [1.29, 1.82) is 0 Å². The molecule has 4 N–H and O–H groups in total. The second-order valence-electron chi connectivity index (χ2n) is 8.81. The maximum atomic E-state index is 5.91. The topological polar surface area (TPSA) is 130 Å². The monoisotopic (exact) mass is 510 g/mol. The molecule has 0 fully saturated rings. The number of hydrogen-bond acceptors (Lipinski definition) is 11. The van der Waals surface area contributed by atoms with Gasteiger partial charge in [0, 0.05) is 43.4 Å². The summed E-state index contributed by atoms with van der Waals surface area (Å²) in [6, 6.07) is 8.01. The molecule has 0 aliphatic heterocycles. The first-order chi connectivity index (χ1) is 17.5. The van der Waals surface area contributed by atoms with Gasteiger partial charge in [0.15, 0.2) is 0 Å². The molecule has 0 aliphatic carbocycles.